The first kappa shape index (κ1) is 13.0. The van der Waals surface area contributed by atoms with E-state index in [4.69, 9.17) is 19.3 Å². The third kappa shape index (κ3) is 2.54. The molecule has 0 radical (unpaired) electrons. The van der Waals surface area contributed by atoms with Gasteiger partial charge in [0, 0.05) is 13.7 Å². The van der Waals surface area contributed by atoms with Crippen molar-refractivity contribution in [3.8, 4) is 0 Å². The summed E-state index contributed by atoms with van der Waals surface area (Å²) in [7, 11) is 1.51. The molecule has 0 aromatic carbocycles. The molecule has 0 unspecified atom stereocenters. The van der Waals surface area contributed by atoms with Crippen LogP contribution in [0.15, 0.2) is 11.3 Å². The molecule has 1 aliphatic heterocycles. The van der Waals surface area contributed by atoms with Crippen LogP contribution in [-0.2, 0) is 19.0 Å². The van der Waals surface area contributed by atoms with Crippen LogP contribution < -0.4 is 0 Å². The zero-order chi connectivity index (χ0) is 12.2. The van der Waals surface area contributed by atoms with Crippen LogP contribution in [0, 0.1) is 0 Å². The van der Waals surface area contributed by atoms with Crippen molar-refractivity contribution in [2.45, 2.75) is 32.3 Å². The number of rotatable bonds is 6. The fourth-order valence-electron chi connectivity index (χ4n) is 1.78. The lowest BCUT2D eigenvalue weighted by molar-refractivity contribution is -0.149. The lowest BCUT2D eigenvalue weighted by Crippen LogP contribution is -2.30. The van der Waals surface area contributed by atoms with Gasteiger partial charge >= 0.3 is 5.97 Å². The number of methoxy groups -OCH3 is 1. The molecule has 0 bridgehead atoms. The summed E-state index contributed by atoms with van der Waals surface area (Å²) in [6, 6.07) is 0. The number of esters is 1. The van der Waals surface area contributed by atoms with E-state index in [-0.39, 0.29) is 19.4 Å². The van der Waals surface area contributed by atoms with E-state index in [0.717, 1.165) is 0 Å². The normalized spacial score (nSPS) is 24.9. The topological polar surface area (TPSA) is 65.0 Å². The van der Waals surface area contributed by atoms with Crippen molar-refractivity contribution in [1.82, 2.24) is 0 Å². The van der Waals surface area contributed by atoms with Crippen LogP contribution in [0.25, 0.3) is 0 Å². The van der Waals surface area contributed by atoms with E-state index < -0.39 is 5.60 Å². The second-order valence-electron chi connectivity index (χ2n) is 3.95. The fraction of sp³-hybridized carbons (Fsp3) is 0.727. The number of aliphatic hydroxyl groups is 1. The summed E-state index contributed by atoms with van der Waals surface area (Å²) in [5.74, 6) is 0.138. The summed E-state index contributed by atoms with van der Waals surface area (Å²) >= 11 is 0. The molecule has 5 nitrogen and oxygen atoms in total. The third-order valence-corrected chi connectivity index (χ3v) is 2.58. The highest BCUT2D eigenvalue weighted by Gasteiger charge is 2.43. The van der Waals surface area contributed by atoms with Crippen LogP contribution in [0.4, 0.5) is 0 Å². The average Bonchev–Trinajstić information content (AvgIpc) is 2.46. The summed E-state index contributed by atoms with van der Waals surface area (Å²) in [5.41, 5.74) is -0.305. The molecule has 16 heavy (non-hydrogen) atoms. The summed E-state index contributed by atoms with van der Waals surface area (Å²) in [6.45, 7) is 3.58. The second kappa shape index (κ2) is 5.32. The Morgan fingerprint density at radius 1 is 1.50 bits per heavy atom. The fourth-order valence-corrected chi connectivity index (χ4v) is 1.78. The van der Waals surface area contributed by atoms with Gasteiger partial charge in [-0.05, 0) is 26.7 Å². The van der Waals surface area contributed by atoms with Crippen molar-refractivity contribution in [2.75, 3.05) is 20.5 Å². The minimum Gasteiger partial charge on any atom is -0.467 e. The maximum Gasteiger partial charge on any atom is 0.338 e. The zero-order valence-electron chi connectivity index (χ0n) is 9.91. The summed E-state index contributed by atoms with van der Waals surface area (Å²) in [6.07, 6.45) is 1.09. The van der Waals surface area contributed by atoms with Crippen molar-refractivity contribution in [3.05, 3.63) is 11.3 Å². The van der Waals surface area contributed by atoms with Gasteiger partial charge in [-0.2, -0.15) is 0 Å². The van der Waals surface area contributed by atoms with Crippen LogP contribution in [-0.4, -0.2) is 37.2 Å². The molecule has 0 aromatic rings. The lowest BCUT2D eigenvalue weighted by atomic mass is 9.97. The highest BCUT2D eigenvalue weighted by Crippen LogP contribution is 2.36. The quantitative estimate of drug-likeness (QED) is 0.544. The van der Waals surface area contributed by atoms with Crippen molar-refractivity contribution in [2.24, 2.45) is 0 Å². The first-order chi connectivity index (χ1) is 7.55. The van der Waals surface area contributed by atoms with Gasteiger partial charge in [0.25, 0.3) is 0 Å². The number of carbonyl (C=O) groups is 1. The molecule has 1 N–H and O–H groups in total. The molecule has 5 heteroatoms. The Labute approximate surface area is 95.0 Å². The van der Waals surface area contributed by atoms with Gasteiger partial charge in [-0.25, -0.2) is 4.79 Å². The van der Waals surface area contributed by atoms with E-state index in [9.17, 15) is 4.79 Å². The Morgan fingerprint density at radius 2 is 2.19 bits per heavy atom. The number of hydrogen-bond donors (Lipinski definition) is 1. The van der Waals surface area contributed by atoms with Gasteiger partial charge in [0.15, 0.2) is 18.2 Å². The maximum absolute atomic E-state index is 11.5. The minimum atomic E-state index is -0.775. The van der Waals surface area contributed by atoms with Crippen molar-refractivity contribution < 1.29 is 24.1 Å². The van der Waals surface area contributed by atoms with Gasteiger partial charge in [0.2, 0.25) is 0 Å². The smallest absolute Gasteiger partial charge is 0.338 e. The monoisotopic (exact) mass is 230 g/mol. The Balaban J connectivity index is 2.80. The van der Waals surface area contributed by atoms with Crippen LogP contribution in [0.3, 0.4) is 0 Å². The molecule has 0 spiro atoms. The predicted octanol–water partition coefficient (Wildman–Crippen LogP) is 0.969. The van der Waals surface area contributed by atoms with Crippen molar-refractivity contribution in [3.63, 3.8) is 0 Å². The van der Waals surface area contributed by atoms with E-state index in [0.29, 0.717) is 24.2 Å². The van der Waals surface area contributed by atoms with E-state index in [1.165, 1.54) is 7.11 Å². The SMILES string of the molecule is COCOC1=C(C)C(=O)O[C@@]1(C)CCCO. The number of aliphatic hydroxyl groups excluding tert-OH is 1. The predicted molar refractivity (Wildman–Crippen MR) is 56.5 cm³/mol. The molecule has 0 fully saturated rings. The first-order valence-corrected chi connectivity index (χ1v) is 5.22. The molecule has 1 rings (SSSR count). The van der Waals surface area contributed by atoms with Crippen LogP contribution in [0.2, 0.25) is 0 Å². The Bertz CT molecular complexity index is 297. The molecule has 92 valence electrons. The van der Waals surface area contributed by atoms with Gasteiger partial charge in [-0.15, -0.1) is 0 Å². The molecular weight excluding hydrogens is 212 g/mol. The summed E-state index contributed by atoms with van der Waals surface area (Å²) < 4.78 is 15.5. The largest absolute Gasteiger partial charge is 0.467 e. The minimum absolute atomic E-state index is 0.0593. The number of ether oxygens (including phenoxy) is 3. The standard InChI is InChI=1S/C11H18O5/c1-8-9(15-7-14-3)11(2,5-4-6-12)16-10(8)13/h12H,4-7H2,1-3H3/t11-/m0/s1. The summed E-state index contributed by atoms with van der Waals surface area (Å²) in [4.78, 5) is 11.5. The van der Waals surface area contributed by atoms with Gasteiger partial charge in [-0.3, -0.25) is 0 Å². The first-order valence-electron chi connectivity index (χ1n) is 5.22. The maximum atomic E-state index is 11.5. The zero-order valence-corrected chi connectivity index (χ0v) is 9.91. The van der Waals surface area contributed by atoms with Crippen LogP contribution in [0.5, 0.6) is 0 Å². The number of hydrogen-bond acceptors (Lipinski definition) is 5. The lowest BCUT2D eigenvalue weighted by Gasteiger charge is -2.25. The molecule has 1 atom stereocenters. The highest BCUT2D eigenvalue weighted by atomic mass is 16.7. The van der Waals surface area contributed by atoms with Gasteiger partial charge in [0.1, 0.15) is 0 Å². The molecule has 0 saturated carbocycles. The van der Waals surface area contributed by atoms with Crippen molar-refractivity contribution >= 4 is 5.97 Å². The van der Waals surface area contributed by atoms with Gasteiger partial charge in [-0.1, -0.05) is 0 Å². The molecule has 0 aliphatic carbocycles. The van der Waals surface area contributed by atoms with E-state index >= 15 is 0 Å². The van der Waals surface area contributed by atoms with Crippen LogP contribution >= 0.6 is 0 Å². The molecular formula is C11H18O5. The molecule has 1 aliphatic rings. The Morgan fingerprint density at radius 3 is 2.75 bits per heavy atom. The summed E-state index contributed by atoms with van der Waals surface area (Å²) in [5, 5.41) is 8.81. The number of cyclic esters (lactones) is 1. The van der Waals surface area contributed by atoms with Gasteiger partial charge in [0.05, 0.1) is 5.57 Å². The van der Waals surface area contributed by atoms with E-state index in [2.05, 4.69) is 0 Å². The average molecular weight is 230 g/mol. The van der Waals surface area contributed by atoms with Crippen LogP contribution in [0.1, 0.15) is 26.7 Å². The molecule has 1 heterocycles. The third-order valence-electron chi connectivity index (χ3n) is 2.58. The Hall–Kier alpha value is -1.07. The molecule has 0 saturated heterocycles. The van der Waals surface area contributed by atoms with E-state index in [1.54, 1.807) is 13.8 Å². The Kier molecular flexibility index (Phi) is 4.32. The van der Waals surface area contributed by atoms with Crippen molar-refractivity contribution in [1.29, 1.82) is 0 Å². The van der Waals surface area contributed by atoms with Gasteiger partial charge < -0.3 is 19.3 Å². The molecule has 0 amide bonds. The number of carbonyl (C=O) groups excluding carboxylic acids is 1. The highest BCUT2D eigenvalue weighted by molar-refractivity contribution is 5.91. The second-order valence-corrected chi connectivity index (χ2v) is 3.95. The van der Waals surface area contributed by atoms with E-state index in [1.807, 2.05) is 0 Å². The molecule has 0 aromatic heterocycles.